The summed E-state index contributed by atoms with van der Waals surface area (Å²) in [6.45, 7) is 6.67. The maximum atomic E-state index is 12.9. The SMILES string of the molecule is CCCCCC/C=C\C/C=C\CCCCCCCCCC(=O)OC(COC(=O)CCCCCCCCCCCCC)COC(=O)CCCCCCCCCCCCCCCCCCCCCCCCCCC. The minimum absolute atomic E-state index is 0.0687. The monoisotopic (exact) mass is 1010 g/mol. The lowest BCUT2D eigenvalue weighted by Crippen LogP contribution is -2.30. The summed E-state index contributed by atoms with van der Waals surface area (Å²) < 4.78 is 16.9. The number of carbonyl (C=O) groups is 3. The van der Waals surface area contributed by atoms with Crippen LogP contribution in [0.15, 0.2) is 24.3 Å². The Morgan fingerprint density at radius 1 is 0.278 bits per heavy atom. The zero-order valence-electron chi connectivity index (χ0n) is 48.7. The molecule has 0 aliphatic rings. The maximum Gasteiger partial charge on any atom is 0.306 e. The molecule has 72 heavy (non-hydrogen) atoms. The van der Waals surface area contributed by atoms with Crippen molar-refractivity contribution in [3.8, 4) is 0 Å². The number of carbonyl (C=O) groups excluding carboxylic acids is 3. The molecule has 0 aromatic heterocycles. The highest BCUT2D eigenvalue weighted by Crippen LogP contribution is 2.18. The first-order valence-corrected chi connectivity index (χ1v) is 32.3. The van der Waals surface area contributed by atoms with E-state index in [1.165, 1.54) is 250 Å². The molecular weight excluding hydrogens is 889 g/mol. The number of allylic oxidation sites excluding steroid dienone is 4. The van der Waals surface area contributed by atoms with Gasteiger partial charge < -0.3 is 14.2 Å². The first kappa shape index (κ1) is 69.9. The van der Waals surface area contributed by atoms with E-state index in [-0.39, 0.29) is 31.1 Å². The van der Waals surface area contributed by atoms with E-state index >= 15 is 0 Å². The van der Waals surface area contributed by atoms with Crippen LogP contribution in [0.25, 0.3) is 0 Å². The van der Waals surface area contributed by atoms with Crippen molar-refractivity contribution in [2.75, 3.05) is 13.2 Å². The number of rotatable bonds is 60. The van der Waals surface area contributed by atoms with Gasteiger partial charge in [0.2, 0.25) is 0 Å². The van der Waals surface area contributed by atoms with Crippen LogP contribution in [0, 0.1) is 0 Å². The second kappa shape index (κ2) is 61.4. The van der Waals surface area contributed by atoms with Gasteiger partial charge in [0.1, 0.15) is 13.2 Å². The van der Waals surface area contributed by atoms with Crippen molar-refractivity contribution >= 4 is 17.9 Å². The summed E-state index contributed by atoms with van der Waals surface area (Å²) in [5.41, 5.74) is 0. The molecule has 0 aliphatic heterocycles. The maximum absolute atomic E-state index is 12.9. The zero-order valence-corrected chi connectivity index (χ0v) is 48.7. The Morgan fingerprint density at radius 3 is 0.778 bits per heavy atom. The predicted octanol–water partition coefficient (Wildman–Crippen LogP) is 21.8. The average Bonchev–Trinajstić information content (AvgIpc) is 3.38. The van der Waals surface area contributed by atoms with Crippen molar-refractivity contribution in [2.24, 2.45) is 0 Å². The Balaban J connectivity index is 4.19. The van der Waals surface area contributed by atoms with Gasteiger partial charge in [-0.05, 0) is 51.4 Å². The average molecular weight is 1010 g/mol. The van der Waals surface area contributed by atoms with Crippen molar-refractivity contribution in [1.82, 2.24) is 0 Å². The summed E-state index contributed by atoms with van der Waals surface area (Å²) in [7, 11) is 0. The van der Waals surface area contributed by atoms with Crippen LogP contribution in [0.4, 0.5) is 0 Å². The van der Waals surface area contributed by atoms with E-state index in [4.69, 9.17) is 14.2 Å². The van der Waals surface area contributed by atoms with E-state index in [0.29, 0.717) is 19.3 Å². The number of unbranched alkanes of at least 4 members (excludes halogenated alkanes) is 45. The molecular formula is C66H124O6. The zero-order chi connectivity index (χ0) is 52.2. The molecule has 0 fully saturated rings. The third-order valence-corrected chi connectivity index (χ3v) is 14.7. The molecule has 0 rings (SSSR count). The molecule has 6 heteroatoms. The fourth-order valence-electron chi connectivity index (χ4n) is 9.83. The topological polar surface area (TPSA) is 78.9 Å². The van der Waals surface area contributed by atoms with Crippen LogP contribution in [0.2, 0.25) is 0 Å². The van der Waals surface area contributed by atoms with Gasteiger partial charge in [-0.15, -0.1) is 0 Å². The van der Waals surface area contributed by atoms with Crippen molar-refractivity contribution in [1.29, 1.82) is 0 Å². The van der Waals surface area contributed by atoms with Crippen molar-refractivity contribution in [2.45, 2.75) is 367 Å². The molecule has 0 heterocycles. The molecule has 0 saturated heterocycles. The van der Waals surface area contributed by atoms with Crippen LogP contribution >= 0.6 is 0 Å². The fraction of sp³-hybridized carbons (Fsp3) is 0.894. The highest BCUT2D eigenvalue weighted by atomic mass is 16.6. The Bertz CT molecular complexity index is 1160. The Kier molecular flexibility index (Phi) is 59.6. The molecule has 0 bridgehead atoms. The van der Waals surface area contributed by atoms with Gasteiger partial charge in [-0.25, -0.2) is 0 Å². The van der Waals surface area contributed by atoms with Gasteiger partial charge >= 0.3 is 17.9 Å². The Morgan fingerprint density at radius 2 is 0.500 bits per heavy atom. The molecule has 424 valence electrons. The minimum atomic E-state index is -0.771. The second-order valence-corrected chi connectivity index (χ2v) is 22.0. The summed E-state index contributed by atoms with van der Waals surface area (Å²) in [5, 5.41) is 0. The van der Waals surface area contributed by atoms with E-state index in [2.05, 4.69) is 45.1 Å². The molecule has 0 aromatic carbocycles. The molecule has 0 N–H and O–H groups in total. The minimum Gasteiger partial charge on any atom is -0.462 e. The van der Waals surface area contributed by atoms with Crippen molar-refractivity contribution < 1.29 is 28.6 Å². The first-order valence-electron chi connectivity index (χ1n) is 32.3. The summed E-state index contributed by atoms with van der Waals surface area (Å²) in [4.78, 5) is 38.2. The second-order valence-electron chi connectivity index (χ2n) is 22.0. The summed E-state index contributed by atoms with van der Waals surface area (Å²) in [6, 6.07) is 0. The lowest BCUT2D eigenvalue weighted by molar-refractivity contribution is -0.167. The number of hydrogen-bond acceptors (Lipinski definition) is 6. The van der Waals surface area contributed by atoms with Crippen LogP contribution in [-0.2, 0) is 28.6 Å². The van der Waals surface area contributed by atoms with Crippen LogP contribution in [-0.4, -0.2) is 37.2 Å². The molecule has 0 aromatic rings. The molecule has 0 amide bonds. The molecule has 1 unspecified atom stereocenters. The highest BCUT2D eigenvalue weighted by Gasteiger charge is 2.19. The molecule has 0 aliphatic carbocycles. The third-order valence-electron chi connectivity index (χ3n) is 14.7. The molecule has 6 nitrogen and oxygen atoms in total. The van der Waals surface area contributed by atoms with Crippen molar-refractivity contribution in [3.05, 3.63) is 24.3 Å². The predicted molar refractivity (Wildman–Crippen MR) is 312 cm³/mol. The molecule has 0 spiro atoms. The lowest BCUT2D eigenvalue weighted by Gasteiger charge is -2.18. The van der Waals surface area contributed by atoms with Crippen molar-refractivity contribution in [3.63, 3.8) is 0 Å². The van der Waals surface area contributed by atoms with Crippen LogP contribution < -0.4 is 0 Å². The molecule has 0 saturated carbocycles. The van der Waals surface area contributed by atoms with E-state index in [9.17, 15) is 14.4 Å². The quantitative estimate of drug-likeness (QED) is 0.0261. The first-order chi connectivity index (χ1) is 35.5. The largest absolute Gasteiger partial charge is 0.462 e. The number of esters is 3. The Hall–Kier alpha value is -2.11. The standard InChI is InChI=1S/C66H124O6/c1-4-7-10-13-16-19-22-24-26-28-30-31-32-33-34-35-36-38-39-41-44-47-50-53-56-59-65(68)71-62-63(61-70-64(67)58-55-52-49-46-43-21-18-15-12-9-6-3)72-66(69)60-57-54-51-48-45-42-40-37-29-27-25-23-20-17-14-11-8-5-2/h20,23,27,29,63H,4-19,21-22,24-26,28,30-62H2,1-3H3/b23-20-,29-27-. The van der Waals surface area contributed by atoms with Crippen LogP contribution in [0.3, 0.4) is 0 Å². The fourth-order valence-corrected chi connectivity index (χ4v) is 9.83. The number of ether oxygens (including phenoxy) is 3. The van der Waals surface area contributed by atoms with Gasteiger partial charge in [-0.2, -0.15) is 0 Å². The lowest BCUT2D eigenvalue weighted by atomic mass is 10.0. The smallest absolute Gasteiger partial charge is 0.306 e. The van der Waals surface area contributed by atoms with E-state index in [0.717, 1.165) is 70.6 Å². The van der Waals surface area contributed by atoms with E-state index in [1.54, 1.807) is 0 Å². The molecule has 0 radical (unpaired) electrons. The number of hydrogen-bond donors (Lipinski definition) is 0. The highest BCUT2D eigenvalue weighted by molar-refractivity contribution is 5.71. The van der Waals surface area contributed by atoms with E-state index in [1.807, 2.05) is 0 Å². The van der Waals surface area contributed by atoms with Gasteiger partial charge in [-0.3, -0.25) is 14.4 Å². The van der Waals surface area contributed by atoms with Gasteiger partial charge in [0.25, 0.3) is 0 Å². The summed E-state index contributed by atoms with van der Waals surface area (Å²) in [6.07, 6.45) is 73.4. The Labute approximate surface area is 449 Å². The van der Waals surface area contributed by atoms with E-state index < -0.39 is 6.10 Å². The summed E-state index contributed by atoms with van der Waals surface area (Å²) >= 11 is 0. The summed E-state index contributed by atoms with van der Waals surface area (Å²) in [5.74, 6) is -0.852. The van der Waals surface area contributed by atoms with Gasteiger partial charge in [0.15, 0.2) is 6.10 Å². The third kappa shape index (κ3) is 58.8. The van der Waals surface area contributed by atoms with Gasteiger partial charge in [-0.1, -0.05) is 315 Å². The van der Waals surface area contributed by atoms with Crippen LogP contribution in [0.5, 0.6) is 0 Å². The van der Waals surface area contributed by atoms with Crippen LogP contribution in [0.1, 0.15) is 361 Å². The van der Waals surface area contributed by atoms with Gasteiger partial charge in [0.05, 0.1) is 0 Å². The molecule has 1 atom stereocenters. The normalized spacial score (nSPS) is 12.1. The van der Waals surface area contributed by atoms with Gasteiger partial charge in [0, 0.05) is 19.3 Å².